The number of nitrogens with zero attached hydrogens (tertiary/aromatic N) is 2. The van der Waals surface area contributed by atoms with Crippen LogP contribution in [0.15, 0.2) is 6.20 Å². The SMILES string of the molecule is CCCCCCCCn1cc(C)nc1NC(C)C. The molecule has 3 nitrogen and oxygen atoms in total. The third-order valence-electron chi connectivity index (χ3n) is 3.07. The van der Waals surface area contributed by atoms with Gasteiger partial charge in [0, 0.05) is 18.8 Å². The molecule has 0 bridgehead atoms. The van der Waals surface area contributed by atoms with Crippen molar-refractivity contribution in [2.75, 3.05) is 5.32 Å². The minimum absolute atomic E-state index is 0.440. The molecular weight excluding hydrogens is 222 g/mol. The topological polar surface area (TPSA) is 29.9 Å². The molecule has 1 aromatic rings. The van der Waals surface area contributed by atoms with Crippen LogP contribution < -0.4 is 5.32 Å². The number of imidazole rings is 1. The van der Waals surface area contributed by atoms with Gasteiger partial charge in [-0.25, -0.2) is 4.98 Å². The molecule has 0 radical (unpaired) electrons. The van der Waals surface area contributed by atoms with Crippen molar-refractivity contribution in [1.29, 1.82) is 0 Å². The first-order valence-electron chi connectivity index (χ1n) is 7.43. The summed E-state index contributed by atoms with van der Waals surface area (Å²) < 4.78 is 2.26. The molecule has 1 rings (SSSR count). The van der Waals surface area contributed by atoms with E-state index in [2.05, 4.69) is 48.8 Å². The Balaban J connectivity index is 2.32. The molecule has 0 aliphatic heterocycles. The quantitative estimate of drug-likeness (QED) is 0.660. The van der Waals surface area contributed by atoms with Crippen LogP contribution in [0.5, 0.6) is 0 Å². The zero-order valence-corrected chi connectivity index (χ0v) is 12.5. The Bertz CT molecular complexity index is 328. The lowest BCUT2D eigenvalue weighted by Crippen LogP contribution is -2.14. The van der Waals surface area contributed by atoms with Crippen LogP contribution >= 0.6 is 0 Å². The summed E-state index contributed by atoms with van der Waals surface area (Å²) in [5.41, 5.74) is 1.10. The molecular formula is C15H29N3. The molecule has 0 spiro atoms. The van der Waals surface area contributed by atoms with Crippen molar-refractivity contribution in [3.05, 3.63) is 11.9 Å². The van der Waals surface area contributed by atoms with E-state index < -0.39 is 0 Å². The number of aromatic nitrogens is 2. The van der Waals surface area contributed by atoms with Gasteiger partial charge in [0.2, 0.25) is 5.95 Å². The molecule has 0 aromatic carbocycles. The minimum Gasteiger partial charge on any atom is -0.353 e. The van der Waals surface area contributed by atoms with E-state index in [-0.39, 0.29) is 0 Å². The van der Waals surface area contributed by atoms with Crippen molar-refractivity contribution in [1.82, 2.24) is 9.55 Å². The highest BCUT2D eigenvalue weighted by Crippen LogP contribution is 2.12. The second kappa shape index (κ2) is 8.17. The van der Waals surface area contributed by atoms with Crippen molar-refractivity contribution in [2.24, 2.45) is 0 Å². The number of hydrogen-bond donors (Lipinski definition) is 1. The van der Waals surface area contributed by atoms with Gasteiger partial charge in [-0.05, 0) is 27.2 Å². The fourth-order valence-electron chi connectivity index (χ4n) is 2.15. The summed E-state index contributed by atoms with van der Waals surface area (Å²) in [4.78, 5) is 4.53. The molecule has 18 heavy (non-hydrogen) atoms. The van der Waals surface area contributed by atoms with Crippen LogP contribution in [0.25, 0.3) is 0 Å². The van der Waals surface area contributed by atoms with Crippen LogP contribution in [0.1, 0.15) is 65.0 Å². The molecule has 0 saturated carbocycles. The Morgan fingerprint density at radius 3 is 2.50 bits per heavy atom. The Morgan fingerprint density at radius 1 is 1.17 bits per heavy atom. The maximum Gasteiger partial charge on any atom is 0.203 e. The molecule has 0 aliphatic rings. The van der Waals surface area contributed by atoms with Gasteiger partial charge in [-0.2, -0.15) is 0 Å². The molecule has 0 amide bonds. The zero-order chi connectivity index (χ0) is 13.4. The monoisotopic (exact) mass is 251 g/mol. The second-order valence-corrected chi connectivity index (χ2v) is 5.47. The predicted molar refractivity (Wildman–Crippen MR) is 79.1 cm³/mol. The lowest BCUT2D eigenvalue weighted by Gasteiger charge is -2.12. The first-order valence-corrected chi connectivity index (χ1v) is 7.43. The average molecular weight is 251 g/mol. The Morgan fingerprint density at radius 2 is 1.83 bits per heavy atom. The second-order valence-electron chi connectivity index (χ2n) is 5.47. The fraction of sp³-hybridized carbons (Fsp3) is 0.800. The third-order valence-corrected chi connectivity index (χ3v) is 3.07. The highest BCUT2D eigenvalue weighted by atomic mass is 15.2. The van der Waals surface area contributed by atoms with Gasteiger partial charge in [0.15, 0.2) is 0 Å². The van der Waals surface area contributed by atoms with Crippen LogP contribution in [0, 0.1) is 6.92 Å². The summed E-state index contributed by atoms with van der Waals surface area (Å²) >= 11 is 0. The Labute approximate surface area is 112 Å². The first-order chi connectivity index (χ1) is 8.63. The molecule has 0 fully saturated rings. The molecule has 0 aliphatic carbocycles. The van der Waals surface area contributed by atoms with Crippen LogP contribution in [0.3, 0.4) is 0 Å². The normalized spacial score (nSPS) is 11.2. The van der Waals surface area contributed by atoms with Gasteiger partial charge in [-0.1, -0.05) is 39.0 Å². The predicted octanol–water partition coefficient (Wildman–Crippen LogP) is 4.37. The van der Waals surface area contributed by atoms with Crippen LogP contribution in [0.4, 0.5) is 5.95 Å². The number of hydrogen-bond acceptors (Lipinski definition) is 2. The minimum atomic E-state index is 0.440. The standard InChI is InChI=1S/C15H29N3/c1-5-6-7-8-9-10-11-18-12-14(4)17-15(18)16-13(2)3/h12-13H,5-11H2,1-4H3,(H,16,17). The van der Waals surface area contributed by atoms with Gasteiger partial charge in [0.1, 0.15) is 0 Å². The van der Waals surface area contributed by atoms with Crippen molar-refractivity contribution in [2.45, 2.75) is 78.8 Å². The van der Waals surface area contributed by atoms with Crippen molar-refractivity contribution >= 4 is 5.95 Å². The zero-order valence-electron chi connectivity index (χ0n) is 12.5. The van der Waals surface area contributed by atoms with Crippen molar-refractivity contribution < 1.29 is 0 Å². The molecule has 1 heterocycles. The van der Waals surface area contributed by atoms with E-state index in [0.717, 1.165) is 18.2 Å². The van der Waals surface area contributed by atoms with Crippen LogP contribution in [0.2, 0.25) is 0 Å². The third kappa shape index (κ3) is 5.56. The largest absolute Gasteiger partial charge is 0.353 e. The smallest absolute Gasteiger partial charge is 0.203 e. The summed E-state index contributed by atoms with van der Waals surface area (Å²) in [6.07, 6.45) is 10.2. The van der Waals surface area contributed by atoms with Gasteiger partial charge in [0.05, 0.1) is 5.69 Å². The summed E-state index contributed by atoms with van der Waals surface area (Å²) in [5, 5.41) is 3.41. The number of rotatable bonds is 9. The van der Waals surface area contributed by atoms with E-state index in [0.29, 0.717) is 6.04 Å². The molecule has 1 N–H and O–H groups in total. The number of anilines is 1. The summed E-state index contributed by atoms with van der Waals surface area (Å²) in [5.74, 6) is 1.02. The summed E-state index contributed by atoms with van der Waals surface area (Å²) in [6.45, 7) is 9.71. The molecule has 1 aromatic heterocycles. The average Bonchev–Trinajstić information content (AvgIpc) is 2.63. The van der Waals surface area contributed by atoms with E-state index in [1.54, 1.807) is 0 Å². The maximum absolute atomic E-state index is 4.53. The highest BCUT2D eigenvalue weighted by Gasteiger charge is 2.06. The Kier molecular flexibility index (Phi) is 6.84. The van der Waals surface area contributed by atoms with Gasteiger partial charge < -0.3 is 9.88 Å². The summed E-state index contributed by atoms with van der Waals surface area (Å²) in [7, 11) is 0. The van der Waals surface area contributed by atoms with Crippen molar-refractivity contribution in [3.8, 4) is 0 Å². The highest BCUT2D eigenvalue weighted by molar-refractivity contribution is 5.29. The number of nitrogens with one attached hydrogen (secondary N) is 1. The Hall–Kier alpha value is -0.990. The van der Waals surface area contributed by atoms with E-state index in [1.165, 1.54) is 38.5 Å². The van der Waals surface area contributed by atoms with E-state index >= 15 is 0 Å². The molecule has 0 unspecified atom stereocenters. The maximum atomic E-state index is 4.53. The van der Waals surface area contributed by atoms with Crippen LogP contribution in [-0.4, -0.2) is 15.6 Å². The van der Waals surface area contributed by atoms with E-state index in [1.807, 2.05) is 0 Å². The summed E-state index contributed by atoms with van der Waals surface area (Å²) in [6, 6.07) is 0.440. The molecule has 0 atom stereocenters. The van der Waals surface area contributed by atoms with Gasteiger partial charge in [-0.15, -0.1) is 0 Å². The molecule has 0 saturated heterocycles. The lowest BCUT2D eigenvalue weighted by molar-refractivity contribution is 0.558. The van der Waals surface area contributed by atoms with Crippen LogP contribution in [-0.2, 0) is 6.54 Å². The van der Waals surface area contributed by atoms with E-state index in [9.17, 15) is 0 Å². The van der Waals surface area contributed by atoms with Gasteiger partial charge in [-0.3, -0.25) is 0 Å². The van der Waals surface area contributed by atoms with E-state index in [4.69, 9.17) is 0 Å². The van der Waals surface area contributed by atoms with Gasteiger partial charge in [0.25, 0.3) is 0 Å². The van der Waals surface area contributed by atoms with Gasteiger partial charge >= 0.3 is 0 Å². The molecule has 104 valence electrons. The number of aryl methyl sites for hydroxylation is 2. The first kappa shape index (κ1) is 15.1. The van der Waals surface area contributed by atoms with Crippen molar-refractivity contribution in [3.63, 3.8) is 0 Å². The fourth-order valence-corrected chi connectivity index (χ4v) is 2.15. The number of unbranched alkanes of at least 4 members (excludes halogenated alkanes) is 5. The molecule has 3 heteroatoms. The lowest BCUT2D eigenvalue weighted by atomic mass is 10.1.